The SMILES string of the molecule is Cc1nc(S[C@H](C)C(=O)N2CC(=O)Nc3ccccc32)n(C2CCCC2)c1C. The third kappa shape index (κ3) is 3.43. The number of nitrogens with zero attached hydrogens (tertiary/aromatic N) is 3. The van der Waals surface area contributed by atoms with Crippen LogP contribution in [0.25, 0.3) is 0 Å². The number of aromatic nitrogens is 2. The van der Waals surface area contributed by atoms with Gasteiger partial charge in [0.2, 0.25) is 11.8 Å². The fraction of sp³-hybridized carbons (Fsp3) is 0.476. The monoisotopic (exact) mass is 398 g/mol. The maximum Gasteiger partial charge on any atom is 0.244 e. The van der Waals surface area contributed by atoms with Crippen LogP contribution < -0.4 is 10.2 Å². The minimum atomic E-state index is -0.333. The van der Waals surface area contributed by atoms with Gasteiger partial charge in [0.25, 0.3) is 0 Å². The van der Waals surface area contributed by atoms with E-state index in [1.165, 1.54) is 43.1 Å². The highest BCUT2D eigenvalue weighted by Gasteiger charge is 2.32. The number of imidazole rings is 1. The number of amides is 2. The molecule has 1 saturated carbocycles. The van der Waals surface area contributed by atoms with E-state index in [0.29, 0.717) is 11.7 Å². The van der Waals surface area contributed by atoms with E-state index >= 15 is 0 Å². The lowest BCUT2D eigenvalue weighted by molar-refractivity contribution is -0.121. The number of carbonyl (C=O) groups excluding carboxylic acids is 2. The van der Waals surface area contributed by atoms with Crippen molar-refractivity contribution in [3.8, 4) is 0 Å². The summed E-state index contributed by atoms with van der Waals surface area (Å²) in [4.78, 5) is 31.6. The van der Waals surface area contributed by atoms with E-state index in [4.69, 9.17) is 4.98 Å². The van der Waals surface area contributed by atoms with Gasteiger partial charge in [-0.25, -0.2) is 4.98 Å². The highest BCUT2D eigenvalue weighted by molar-refractivity contribution is 8.00. The van der Waals surface area contributed by atoms with Crippen LogP contribution in [-0.4, -0.2) is 33.2 Å². The van der Waals surface area contributed by atoms with E-state index in [2.05, 4.69) is 16.8 Å². The first kappa shape index (κ1) is 19.1. The Labute approximate surface area is 169 Å². The fourth-order valence-electron chi connectivity index (χ4n) is 4.13. The quantitative estimate of drug-likeness (QED) is 0.788. The maximum absolute atomic E-state index is 13.2. The van der Waals surface area contributed by atoms with Crippen molar-refractivity contribution in [1.29, 1.82) is 0 Å². The summed E-state index contributed by atoms with van der Waals surface area (Å²) >= 11 is 1.50. The van der Waals surface area contributed by atoms with Crippen molar-refractivity contribution in [2.75, 3.05) is 16.8 Å². The van der Waals surface area contributed by atoms with E-state index in [0.717, 1.165) is 16.5 Å². The molecule has 1 N–H and O–H groups in total. The molecule has 0 radical (unpaired) electrons. The molecule has 148 valence electrons. The van der Waals surface area contributed by atoms with E-state index in [1.807, 2.05) is 38.1 Å². The first-order valence-corrected chi connectivity index (χ1v) is 10.8. The normalized spacial score (nSPS) is 18.1. The van der Waals surface area contributed by atoms with Gasteiger partial charge in [-0.2, -0.15) is 0 Å². The molecule has 2 aromatic rings. The summed E-state index contributed by atoms with van der Waals surface area (Å²) < 4.78 is 2.33. The molecule has 0 bridgehead atoms. The van der Waals surface area contributed by atoms with E-state index in [-0.39, 0.29) is 23.6 Å². The zero-order valence-corrected chi connectivity index (χ0v) is 17.4. The van der Waals surface area contributed by atoms with Crippen molar-refractivity contribution in [2.45, 2.75) is 62.9 Å². The number of benzene rings is 1. The Morgan fingerprint density at radius 1 is 1.25 bits per heavy atom. The fourth-order valence-corrected chi connectivity index (χ4v) is 5.26. The molecule has 2 amide bonds. The Morgan fingerprint density at radius 3 is 2.71 bits per heavy atom. The number of anilines is 2. The van der Waals surface area contributed by atoms with Crippen molar-refractivity contribution in [3.05, 3.63) is 35.7 Å². The average molecular weight is 399 g/mol. The molecule has 1 fully saturated rings. The lowest BCUT2D eigenvalue weighted by atomic mass is 10.2. The Balaban J connectivity index is 1.58. The number of aryl methyl sites for hydroxylation is 1. The molecule has 0 saturated heterocycles. The Hall–Kier alpha value is -2.28. The number of nitrogens with one attached hydrogen (secondary N) is 1. The van der Waals surface area contributed by atoms with Gasteiger partial charge >= 0.3 is 0 Å². The molecular weight excluding hydrogens is 372 g/mol. The Kier molecular flexibility index (Phi) is 5.19. The number of hydrogen-bond donors (Lipinski definition) is 1. The lowest BCUT2D eigenvalue weighted by Crippen LogP contribution is -2.45. The molecule has 2 heterocycles. The van der Waals surface area contributed by atoms with Crippen LogP contribution in [0, 0.1) is 13.8 Å². The summed E-state index contributed by atoms with van der Waals surface area (Å²) in [6.07, 6.45) is 4.84. The molecular formula is C21H26N4O2S. The van der Waals surface area contributed by atoms with Gasteiger partial charge < -0.3 is 9.88 Å². The Morgan fingerprint density at radius 2 is 1.96 bits per heavy atom. The maximum atomic E-state index is 13.2. The number of hydrogen-bond acceptors (Lipinski definition) is 4. The summed E-state index contributed by atoms with van der Waals surface area (Å²) in [5.41, 5.74) is 3.66. The standard InChI is InChI=1S/C21H26N4O2S/c1-13-14(2)25(16-8-4-5-9-16)21(22-13)28-15(3)20(27)24-12-19(26)23-17-10-6-7-11-18(17)24/h6-7,10-11,15-16H,4-5,8-9,12H2,1-3H3,(H,23,26)/t15-/m1/s1. The first-order chi connectivity index (χ1) is 13.5. The zero-order chi connectivity index (χ0) is 19.8. The average Bonchev–Trinajstić information content (AvgIpc) is 3.29. The number of fused-ring (bicyclic) bond motifs is 1. The molecule has 2 aliphatic rings. The summed E-state index contributed by atoms with van der Waals surface area (Å²) in [7, 11) is 0. The molecule has 0 unspecified atom stereocenters. The van der Waals surface area contributed by atoms with Crippen LogP contribution in [0.5, 0.6) is 0 Å². The van der Waals surface area contributed by atoms with Gasteiger partial charge in [-0.15, -0.1) is 0 Å². The second-order valence-electron chi connectivity index (χ2n) is 7.62. The lowest BCUT2D eigenvalue weighted by Gasteiger charge is -2.31. The minimum absolute atomic E-state index is 0.0515. The van der Waals surface area contributed by atoms with Crippen LogP contribution in [0.1, 0.15) is 50.0 Å². The highest BCUT2D eigenvalue weighted by atomic mass is 32.2. The number of rotatable bonds is 4. The van der Waals surface area contributed by atoms with E-state index in [1.54, 1.807) is 4.90 Å². The van der Waals surface area contributed by atoms with Crippen molar-refractivity contribution in [1.82, 2.24) is 9.55 Å². The van der Waals surface area contributed by atoms with Gasteiger partial charge in [-0.05, 0) is 45.7 Å². The highest BCUT2D eigenvalue weighted by Crippen LogP contribution is 2.37. The summed E-state index contributed by atoms with van der Waals surface area (Å²) in [6, 6.07) is 7.91. The molecule has 1 aliphatic heterocycles. The van der Waals surface area contributed by atoms with Crippen LogP contribution in [0.15, 0.2) is 29.4 Å². The van der Waals surface area contributed by atoms with Crippen LogP contribution in [0.3, 0.4) is 0 Å². The van der Waals surface area contributed by atoms with E-state index < -0.39 is 0 Å². The molecule has 28 heavy (non-hydrogen) atoms. The van der Waals surface area contributed by atoms with Gasteiger partial charge in [0, 0.05) is 11.7 Å². The van der Waals surface area contributed by atoms with Crippen LogP contribution in [-0.2, 0) is 9.59 Å². The van der Waals surface area contributed by atoms with Crippen molar-refractivity contribution in [2.24, 2.45) is 0 Å². The molecule has 1 atom stereocenters. The largest absolute Gasteiger partial charge is 0.323 e. The third-order valence-electron chi connectivity index (χ3n) is 5.71. The summed E-state index contributed by atoms with van der Waals surface area (Å²) in [5.74, 6) is -0.230. The molecule has 7 heteroatoms. The van der Waals surface area contributed by atoms with Crippen molar-refractivity contribution < 1.29 is 9.59 Å². The second kappa shape index (κ2) is 7.62. The topological polar surface area (TPSA) is 67.2 Å². The predicted molar refractivity (Wildman–Crippen MR) is 112 cm³/mol. The summed E-state index contributed by atoms with van der Waals surface area (Å²) in [6.45, 7) is 6.10. The van der Waals surface area contributed by atoms with Gasteiger partial charge in [0.15, 0.2) is 5.16 Å². The van der Waals surface area contributed by atoms with E-state index in [9.17, 15) is 9.59 Å². The predicted octanol–water partition coefficient (Wildman–Crippen LogP) is 4.08. The molecule has 1 aliphatic carbocycles. The second-order valence-corrected chi connectivity index (χ2v) is 8.93. The molecule has 6 nitrogen and oxygen atoms in total. The third-order valence-corrected chi connectivity index (χ3v) is 6.76. The zero-order valence-electron chi connectivity index (χ0n) is 16.6. The number of thioether (sulfide) groups is 1. The van der Waals surface area contributed by atoms with Crippen LogP contribution in [0.2, 0.25) is 0 Å². The number of carbonyl (C=O) groups is 2. The van der Waals surface area contributed by atoms with Crippen LogP contribution >= 0.6 is 11.8 Å². The van der Waals surface area contributed by atoms with Gasteiger partial charge in [-0.3, -0.25) is 14.5 Å². The molecule has 1 aromatic carbocycles. The number of para-hydroxylation sites is 2. The smallest absolute Gasteiger partial charge is 0.244 e. The molecule has 1 aromatic heterocycles. The molecule has 4 rings (SSSR count). The minimum Gasteiger partial charge on any atom is -0.323 e. The molecule has 0 spiro atoms. The Bertz CT molecular complexity index is 917. The summed E-state index contributed by atoms with van der Waals surface area (Å²) in [5, 5.41) is 3.42. The van der Waals surface area contributed by atoms with Crippen molar-refractivity contribution >= 4 is 35.0 Å². The van der Waals surface area contributed by atoms with Crippen molar-refractivity contribution in [3.63, 3.8) is 0 Å². The van der Waals surface area contributed by atoms with Gasteiger partial charge in [0.1, 0.15) is 6.54 Å². The first-order valence-electron chi connectivity index (χ1n) is 9.88. The van der Waals surface area contributed by atoms with Gasteiger partial charge in [-0.1, -0.05) is 36.7 Å². The van der Waals surface area contributed by atoms with Crippen LogP contribution in [0.4, 0.5) is 11.4 Å². The van der Waals surface area contributed by atoms with Gasteiger partial charge in [0.05, 0.1) is 22.3 Å².